The zero-order chi connectivity index (χ0) is 37.7. The van der Waals surface area contributed by atoms with E-state index in [-0.39, 0.29) is 0 Å². The minimum absolute atomic E-state index is 0.453. The molecular formula is C49H31N7. The molecule has 0 aliphatic carbocycles. The van der Waals surface area contributed by atoms with Gasteiger partial charge in [-0.3, -0.25) is 0 Å². The fraction of sp³-hybridized carbons (Fsp3) is 0. The van der Waals surface area contributed by atoms with Gasteiger partial charge in [-0.15, -0.1) is 0 Å². The molecule has 0 bridgehead atoms. The second kappa shape index (κ2) is 15.2. The molecule has 7 heteroatoms. The lowest BCUT2D eigenvalue weighted by molar-refractivity contribution is 1.07. The van der Waals surface area contributed by atoms with E-state index in [4.69, 9.17) is 36.5 Å². The molecule has 56 heavy (non-hydrogen) atoms. The number of hydrogen-bond acceptors (Lipinski definition) is 6. The summed E-state index contributed by atoms with van der Waals surface area (Å²) >= 11 is 0. The second-order valence-electron chi connectivity index (χ2n) is 13.1. The lowest BCUT2D eigenvalue weighted by Gasteiger charge is -2.11. The normalized spacial score (nSPS) is 10.8. The Morgan fingerprint density at radius 3 is 1.09 bits per heavy atom. The van der Waals surface area contributed by atoms with Gasteiger partial charge in [-0.25, -0.2) is 34.7 Å². The van der Waals surface area contributed by atoms with Crippen LogP contribution in [0, 0.1) is 6.57 Å². The molecule has 9 rings (SSSR count). The van der Waals surface area contributed by atoms with Gasteiger partial charge in [0.2, 0.25) is 0 Å². The Hall–Kier alpha value is -7.95. The quantitative estimate of drug-likeness (QED) is 0.146. The van der Waals surface area contributed by atoms with Crippen LogP contribution >= 0.6 is 0 Å². The van der Waals surface area contributed by atoms with Gasteiger partial charge < -0.3 is 0 Å². The summed E-state index contributed by atoms with van der Waals surface area (Å²) in [5, 5.41) is 0. The van der Waals surface area contributed by atoms with Crippen LogP contribution in [-0.4, -0.2) is 29.9 Å². The van der Waals surface area contributed by atoms with Crippen molar-refractivity contribution in [2.75, 3.05) is 0 Å². The zero-order valence-electron chi connectivity index (χ0n) is 30.0. The van der Waals surface area contributed by atoms with Gasteiger partial charge >= 0.3 is 0 Å². The van der Waals surface area contributed by atoms with E-state index in [9.17, 15) is 0 Å². The molecule has 0 atom stereocenters. The minimum atomic E-state index is 0.453. The number of rotatable bonds is 8. The van der Waals surface area contributed by atoms with Gasteiger partial charge in [0.15, 0.2) is 40.6 Å². The van der Waals surface area contributed by atoms with E-state index < -0.39 is 0 Å². The maximum Gasteiger partial charge on any atom is 0.198 e. The van der Waals surface area contributed by atoms with E-state index >= 15 is 0 Å². The third-order valence-electron chi connectivity index (χ3n) is 9.45. The van der Waals surface area contributed by atoms with Crippen LogP contribution in [0.5, 0.6) is 0 Å². The highest BCUT2D eigenvalue weighted by molar-refractivity contribution is 5.78. The molecule has 0 saturated heterocycles. The standard InChI is InChI=1S/C49H31N7/c1-50-43-23-12-11-22-42(43)49-55-45(37-18-9-4-10-19-37)54-48(56-49)41-21-13-20-40(32-41)35-26-30-39(31-27-35)47-52-44(36-16-7-3-8-17-36)51-46(53-47)38-28-24-34(25-29-38)33-14-5-2-6-15-33/h2-32H. The largest absolute Gasteiger partial charge is 0.237 e. The smallest absolute Gasteiger partial charge is 0.198 e. The van der Waals surface area contributed by atoms with Crippen molar-refractivity contribution in [2.24, 2.45) is 0 Å². The van der Waals surface area contributed by atoms with Crippen molar-refractivity contribution in [3.8, 4) is 90.6 Å². The number of benzene rings is 7. The SMILES string of the molecule is [C-]#[N+]c1ccccc1-c1nc(-c2ccccc2)nc(-c2cccc(-c3ccc(-c4nc(-c5ccccc5)nc(-c5ccc(-c6ccccc6)cc5)n4)cc3)c2)n1. The number of nitrogens with zero attached hydrogens (tertiary/aromatic N) is 7. The average molecular weight is 718 g/mol. The Morgan fingerprint density at radius 1 is 0.268 bits per heavy atom. The van der Waals surface area contributed by atoms with Crippen LogP contribution in [-0.2, 0) is 0 Å². The van der Waals surface area contributed by atoms with E-state index in [0.717, 1.165) is 50.1 Å². The summed E-state index contributed by atoms with van der Waals surface area (Å²) in [5.41, 5.74) is 9.85. The van der Waals surface area contributed by atoms with Gasteiger partial charge in [0.1, 0.15) is 0 Å². The predicted octanol–water partition coefficient (Wildman–Crippen LogP) is 11.9. The summed E-state index contributed by atoms with van der Waals surface area (Å²) in [6, 6.07) is 62.3. The first-order valence-electron chi connectivity index (χ1n) is 18.2. The molecule has 9 aromatic rings. The number of para-hydroxylation sites is 1. The van der Waals surface area contributed by atoms with Crippen molar-refractivity contribution < 1.29 is 0 Å². The monoisotopic (exact) mass is 717 g/mol. The van der Waals surface area contributed by atoms with Crippen LogP contribution in [0.25, 0.3) is 95.4 Å². The lowest BCUT2D eigenvalue weighted by atomic mass is 10.0. The third-order valence-corrected chi connectivity index (χ3v) is 9.45. The van der Waals surface area contributed by atoms with Gasteiger partial charge in [0, 0.05) is 33.4 Å². The molecule has 0 unspecified atom stereocenters. The van der Waals surface area contributed by atoms with Crippen molar-refractivity contribution in [1.29, 1.82) is 0 Å². The fourth-order valence-electron chi connectivity index (χ4n) is 6.54. The van der Waals surface area contributed by atoms with Crippen molar-refractivity contribution in [3.05, 3.63) is 199 Å². The van der Waals surface area contributed by atoms with Gasteiger partial charge in [0.25, 0.3) is 0 Å². The molecule has 0 amide bonds. The molecule has 7 nitrogen and oxygen atoms in total. The molecule has 0 aliphatic rings. The fourth-order valence-corrected chi connectivity index (χ4v) is 6.54. The van der Waals surface area contributed by atoms with Crippen LogP contribution < -0.4 is 0 Å². The van der Waals surface area contributed by atoms with E-state index in [1.807, 2.05) is 121 Å². The van der Waals surface area contributed by atoms with Gasteiger partial charge in [0.05, 0.1) is 6.57 Å². The van der Waals surface area contributed by atoms with E-state index in [1.54, 1.807) is 6.07 Å². The molecular weight excluding hydrogens is 687 g/mol. The Kier molecular flexibility index (Phi) is 9.18. The number of hydrogen-bond donors (Lipinski definition) is 0. The minimum Gasteiger partial charge on any atom is -0.237 e. The summed E-state index contributed by atoms with van der Waals surface area (Å²) in [4.78, 5) is 33.2. The predicted molar refractivity (Wildman–Crippen MR) is 223 cm³/mol. The van der Waals surface area contributed by atoms with E-state index in [2.05, 4.69) is 65.5 Å². The lowest BCUT2D eigenvalue weighted by Crippen LogP contribution is -2.00. The first-order chi connectivity index (χ1) is 27.7. The van der Waals surface area contributed by atoms with Gasteiger partial charge in [-0.2, -0.15) is 0 Å². The topological polar surface area (TPSA) is 81.7 Å². The number of aromatic nitrogens is 6. The van der Waals surface area contributed by atoms with E-state index in [1.165, 1.54) is 0 Å². The van der Waals surface area contributed by atoms with Crippen molar-refractivity contribution in [3.63, 3.8) is 0 Å². The molecule has 0 N–H and O–H groups in total. The van der Waals surface area contributed by atoms with Crippen LogP contribution in [0.15, 0.2) is 188 Å². The first-order valence-corrected chi connectivity index (χ1v) is 18.2. The van der Waals surface area contributed by atoms with Crippen LogP contribution in [0.1, 0.15) is 0 Å². The summed E-state index contributed by atoms with van der Waals surface area (Å²) in [6.45, 7) is 7.74. The molecule has 7 aromatic carbocycles. The zero-order valence-corrected chi connectivity index (χ0v) is 30.0. The van der Waals surface area contributed by atoms with Crippen molar-refractivity contribution >= 4 is 5.69 Å². The summed E-state index contributed by atoms with van der Waals surface area (Å²) in [5.74, 6) is 3.32. The molecule has 2 heterocycles. The maximum absolute atomic E-state index is 7.74. The van der Waals surface area contributed by atoms with Gasteiger partial charge in [-0.1, -0.05) is 182 Å². The highest BCUT2D eigenvalue weighted by Gasteiger charge is 2.16. The second-order valence-corrected chi connectivity index (χ2v) is 13.1. The Balaban J connectivity index is 1.07. The Morgan fingerprint density at radius 2 is 0.589 bits per heavy atom. The molecule has 0 saturated carbocycles. The Bertz CT molecular complexity index is 2840. The Labute approximate surface area is 324 Å². The molecule has 0 aliphatic heterocycles. The van der Waals surface area contributed by atoms with Crippen molar-refractivity contribution in [2.45, 2.75) is 0 Å². The van der Waals surface area contributed by atoms with Crippen LogP contribution in [0.2, 0.25) is 0 Å². The molecule has 0 radical (unpaired) electrons. The summed E-state index contributed by atoms with van der Waals surface area (Å²) in [6.07, 6.45) is 0. The third kappa shape index (κ3) is 7.06. The highest BCUT2D eigenvalue weighted by Crippen LogP contribution is 2.33. The molecule has 0 fully saturated rings. The molecule has 0 spiro atoms. The summed E-state index contributed by atoms with van der Waals surface area (Å²) in [7, 11) is 0. The van der Waals surface area contributed by atoms with Crippen molar-refractivity contribution in [1.82, 2.24) is 29.9 Å². The van der Waals surface area contributed by atoms with Crippen LogP contribution in [0.3, 0.4) is 0 Å². The van der Waals surface area contributed by atoms with E-state index in [0.29, 0.717) is 46.2 Å². The molecule has 262 valence electrons. The van der Waals surface area contributed by atoms with Crippen LogP contribution in [0.4, 0.5) is 5.69 Å². The first kappa shape index (κ1) is 33.9. The average Bonchev–Trinajstić information content (AvgIpc) is 3.29. The van der Waals surface area contributed by atoms with Gasteiger partial charge in [-0.05, 0) is 28.3 Å². The molecule has 2 aromatic heterocycles. The maximum atomic E-state index is 7.74. The summed E-state index contributed by atoms with van der Waals surface area (Å²) < 4.78 is 0. The highest BCUT2D eigenvalue weighted by atomic mass is 15.0.